The number of tetrazole rings is 1. The van der Waals surface area contributed by atoms with Crippen molar-refractivity contribution in [2.75, 3.05) is 5.32 Å². The van der Waals surface area contributed by atoms with Crippen molar-refractivity contribution in [2.45, 2.75) is 23.9 Å². The third kappa shape index (κ3) is 4.28. The van der Waals surface area contributed by atoms with Crippen LogP contribution in [0, 0.1) is 0 Å². The summed E-state index contributed by atoms with van der Waals surface area (Å²) in [5.41, 5.74) is 0.695. The predicted molar refractivity (Wildman–Crippen MR) is 75.8 cm³/mol. The van der Waals surface area contributed by atoms with E-state index < -0.39 is 11.2 Å². The molecule has 2 aromatic rings. The lowest BCUT2D eigenvalue weighted by Crippen LogP contribution is -2.23. The molecule has 0 spiro atoms. The molecule has 1 aromatic heterocycles. The number of benzene rings is 1. The minimum atomic E-state index is -1.05. The number of hydrogen-bond donors (Lipinski definition) is 2. The fourth-order valence-corrected chi connectivity index (χ4v) is 2.27. The number of carboxylic acid groups (broad SMARTS) is 1. The van der Waals surface area contributed by atoms with Crippen molar-refractivity contribution >= 4 is 29.3 Å². The maximum atomic E-state index is 12.0. The zero-order valence-electron chi connectivity index (χ0n) is 11.1. The lowest BCUT2D eigenvalue weighted by Gasteiger charge is -2.11. The van der Waals surface area contributed by atoms with Gasteiger partial charge in [0.25, 0.3) is 0 Å². The van der Waals surface area contributed by atoms with Crippen LogP contribution in [0.5, 0.6) is 0 Å². The summed E-state index contributed by atoms with van der Waals surface area (Å²) in [6.07, 6.45) is 0. The Labute approximate surface area is 124 Å². The molecule has 0 bridgehead atoms. The van der Waals surface area contributed by atoms with E-state index in [9.17, 15) is 9.59 Å². The topological polar surface area (TPSA) is 110 Å². The number of aromatic nitrogens is 4. The maximum absolute atomic E-state index is 12.0. The van der Waals surface area contributed by atoms with Crippen molar-refractivity contribution in [1.29, 1.82) is 0 Å². The van der Waals surface area contributed by atoms with Crippen LogP contribution >= 0.6 is 11.8 Å². The number of carbonyl (C=O) groups excluding carboxylic acids is 1. The first-order chi connectivity index (χ1) is 10.1. The number of carboxylic acids is 1. The van der Waals surface area contributed by atoms with Gasteiger partial charge in [0, 0.05) is 5.69 Å². The van der Waals surface area contributed by atoms with Gasteiger partial charge in [-0.05, 0) is 29.5 Å². The van der Waals surface area contributed by atoms with Gasteiger partial charge in [0.2, 0.25) is 11.1 Å². The van der Waals surface area contributed by atoms with Gasteiger partial charge in [0.05, 0.1) is 5.25 Å². The Morgan fingerprint density at radius 1 is 1.38 bits per heavy atom. The standard InChI is InChI=1S/C12H13N5O3S/c1-8(11(20)13-9-5-3-2-4-6-9)21-12-14-15-16-17(12)7-10(18)19/h2-6,8H,7H2,1H3,(H,13,20)(H,18,19). The van der Waals surface area contributed by atoms with Crippen LogP contribution in [0.1, 0.15) is 6.92 Å². The van der Waals surface area contributed by atoms with Crippen LogP contribution in [0.2, 0.25) is 0 Å². The monoisotopic (exact) mass is 307 g/mol. The minimum absolute atomic E-state index is 0.212. The molecule has 1 unspecified atom stereocenters. The molecule has 2 rings (SSSR count). The Bertz CT molecular complexity index is 631. The zero-order valence-corrected chi connectivity index (χ0v) is 11.9. The van der Waals surface area contributed by atoms with E-state index in [0.29, 0.717) is 5.69 Å². The number of para-hydroxylation sites is 1. The van der Waals surface area contributed by atoms with Gasteiger partial charge in [0.1, 0.15) is 6.54 Å². The molecule has 2 N–H and O–H groups in total. The molecule has 0 aliphatic heterocycles. The Hall–Kier alpha value is -2.42. The molecule has 8 nitrogen and oxygen atoms in total. The second-order valence-electron chi connectivity index (χ2n) is 4.13. The number of anilines is 1. The van der Waals surface area contributed by atoms with Crippen molar-refractivity contribution in [3.05, 3.63) is 30.3 Å². The Balaban J connectivity index is 1.98. The normalized spacial score (nSPS) is 11.9. The summed E-state index contributed by atoms with van der Waals surface area (Å²) in [5.74, 6) is -1.26. The first kappa shape index (κ1) is 15.0. The summed E-state index contributed by atoms with van der Waals surface area (Å²) in [6.45, 7) is 1.35. The number of nitrogens with one attached hydrogen (secondary N) is 1. The smallest absolute Gasteiger partial charge is 0.325 e. The quantitative estimate of drug-likeness (QED) is 0.762. The van der Waals surface area contributed by atoms with Crippen LogP contribution in [0.15, 0.2) is 35.5 Å². The highest BCUT2D eigenvalue weighted by Gasteiger charge is 2.19. The average molecular weight is 307 g/mol. The maximum Gasteiger partial charge on any atom is 0.325 e. The molecule has 9 heteroatoms. The first-order valence-electron chi connectivity index (χ1n) is 6.07. The number of thioether (sulfide) groups is 1. The van der Waals surface area contributed by atoms with Crippen LogP contribution in [0.4, 0.5) is 5.69 Å². The number of carbonyl (C=O) groups is 2. The number of amides is 1. The summed E-state index contributed by atoms with van der Waals surface area (Å²) < 4.78 is 1.14. The average Bonchev–Trinajstić information content (AvgIpc) is 2.86. The minimum Gasteiger partial charge on any atom is -0.480 e. The zero-order chi connectivity index (χ0) is 15.2. The van der Waals surface area contributed by atoms with Gasteiger partial charge in [-0.2, -0.15) is 0 Å². The van der Waals surface area contributed by atoms with Crippen molar-refractivity contribution in [2.24, 2.45) is 0 Å². The SMILES string of the molecule is CC(Sc1nnnn1CC(=O)O)C(=O)Nc1ccccc1. The Kier molecular flexibility index (Phi) is 4.88. The largest absolute Gasteiger partial charge is 0.480 e. The molecule has 0 saturated heterocycles. The second-order valence-corrected chi connectivity index (χ2v) is 5.44. The summed E-state index contributed by atoms with van der Waals surface area (Å²) in [4.78, 5) is 22.7. The van der Waals surface area contributed by atoms with E-state index >= 15 is 0 Å². The Morgan fingerprint density at radius 2 is 2.10 bits per heavy atom. The molecule has 0 saturated carbocycles. The van der Waals surface area contributed by atoms with Crippen LogP contribution in [-0.4, -0.2) is 42.4 Å². The van der Waals surface area contributed by atoms with E-state index in [1.165, 1.54) is 0 Å². The van der Waals surface area contributed by atoms with E-state index in [-0.39, 0.29) is 17.6 Å². The van der Waals surface area contributed by atoms with Crippen LogP contribution in [-0.2, 0) is 16.1 Å². The molecule has 1 heterocycles. The van der Waals surface area contributed by atoms with Gasteiger partial charge in [-0.1, -0.05) is 30.0 Å². The molecular formula is C12H13N5O3S. The third-order valence-electron chi connectivity index (χ3n) is 2.48. The van der Waals surface area contributed by atoms with Gasteiger partial charge in [0.15, 0.2) is 0 Å². The molecular weight excluding hydrogens is 294 g/mol. The van der Waals surface area contributed by atoms with Gasteiger partial charge in [-0.25, -0.2) is 4.68 Å². The predicted octanol–water partition coefficient (Wildman–Crippen LogP) is 0.877. The molecule has 0 aliphatic carbocycles. The summed E-state index contributed by atoms with van der Waals surface area (Å²) in [7, 11) is 0. The van der Waals surface area contributed by atoms with E-state index in [4.69, 9.17) is 5.11 Å². The van der Waals surface area contributed by atoms with Crippen molar-refractivity contribution < 1.29 is 14.7 Å². The van der Waals surface area contributed by atoms with Crippen LogP contribution < -0.4 is 5.32 Å². The van der Waals surface area contributed by atoms with Gasteiger partial charge < -0.3 is 10.4 Å². The number of hydrogen-bond acceptors (Lipinski definition) is 6. The van der Waals surface area contributed by atoms with Crippen molar-refractivity contribution in [3.63, 3.8) is 0 Å². The fourth-order valence-electron chi connectivity index (χ4n) is 1.49. The molecule has 21 heavy (non-hydrogen) atoms. The highest BCUT2D eigenvalue weighted by molar-refractivity contribution is 8.00. The van der Waals surface area contributed by atoms with Crippen LogP contribution in [0.25, 0.3) is 0 Å². The summed E-state index contributed by atoms with van der Waals surface area (Å²) in [5, 5.41) is 22.0. The number of nitrogens with zero attached hydrogens (tertiary/aromatic N) is 4. The highest BCUT2D eigenvalue weighted by Crippen LogP contribution is 2.21. The van der Waals surface area contributed by atoms with Crippen molar-refractivity contribution in [1.82, 2.24) is 20.2 Å². The summed E-state index contributed by atoms with van der Waals surface area (Å²) >= 11 is 1.10. The first-order valence-corrected chi connectivity index (χ1v) is 6.95. The molecule has 0 fully saturated rings. The van der Waals surface area contributed by atoms with E-state index in [0.717, 1.165) is 16.4 Å². The van der Waals surface area contributed by atoms with Crippen LogP contribution in [0.3, 0.4) is 0 Å². The van der Waals surface area contributed by atoms with Gasteiger partial charge in [-0.15, -0.1) is 5.10 Å². The number of aliphatic carboxylic acids is 1. The molecule has 0 radical (unpaired) electrons. The Morgan fingerprint density at radius 3 is 2.76 bits per heavy atom. The molecule has 1 atom stereocenters. The molecule has 1 aromatic carbocycles. The van der Waals surface area contributed by atoms with E-state index in [2.05, 4.69) is 20.8 Å². The van der Waals surface area contributed by atoms with Crippen molar-refractivity contribution in [3.8, 4) is 0 Å². The lowest BCUT2D eigenvalue weighted by molar-refractivity contribution is -0.138. The molecule has 110 valence electrons. The highest BCUT2D eigenvalue weighted by atomic mass is 32.2. The van der Waals surface area contributed by atoms with E-state index in [1.807, 2.05) is 18.2 Å². The van der Waals surface area contributed by atoms with E-state index in [1.54, 1.807) is 19.1 Å². The second kappa shape index (κ2) is 6.84. The molecule has 0 aliphatic rings. The summed E-state index contributed by atoms with van der Waals surface area (Å²) in [6, 6.07) is 9.06. The molecule has 1 amide bonds. The number of rotatable bonds is 6. The van der Waals surface area contributed by atoms with Gasteiger partial charge in [-0.3, -0.25) is 9.59 Å². The third-order valence-corrected chi connectivity index (χ3v) is 3.55. The fraction of sp³-hybridized carbons (Fsp3) is 0.250. The lowest BCUT2D eigenvalue weighted by atomic mass is 10.3. The van der Waals surface area contributed by atoms with Gasteiger partial charge >= 0.3 is 5.97 Å².